The van der Waals surface area contributed by atoms with Crippen LogP contribution in [0.25, 0.3) is 0 Å². The van der Waals surface area contributed by atoms with E-state index in [-0.39, 0.29) is 6.10 Å². The minimum Gasteiger partial charge on any atom is -0.489 e. The van der Waals surface area contributed by atoms with Crippen molar-refractivity contribution in [3.63, 3.8) is 0 Å². The minimum absolute atomic E-state index is 0.212. The van der Waals surface area contributed by atoms with Crippen molar-refractivity contribution in [2.75, 3.05) is 0 Å². The predicted octanol–water partition coefficient (Wildman–Crippen LogP) is 3.55. The Kier molecular flexibility index (Phi) is 3.41. The Labute approximate surface area is 102 Å². The molecular weight excluding hydrogens is 222 g/mol. The van der Waals surface area contributed by atoms with Crippen molar-refractivity contribution in [1.82, 2.24) is 5.32 Å². The van der Waals surface area contributed by atoms with Crippen molar-refractivity contribution < 1.29 is 4.74 Å². The molecule has 0 spiro atoms. The van der Waals surface area contributed by atoms with Gasteiger partial charge in [0.15, 0.2) is 0 Å². The number of ether oxygens (including phenoxy) is 1. The second-order valence-corrected chi connectivity index (χ2v) is 5.10. The first kappa shape index (κ1) is 11.7. The summed E-state index contributed by atoms with van der Waals surface area (Å²) in [6.07, 6.45) is 1.20. The topological polar surface area (TPSA) is 21.3 Å². The van der Waals surface area contributed by atoms with Crippen LogP contribution >= 0.6 is 11.6 Å². The number of para-hydroxylation sites is 1. The summed E-state index contributed by atoms with van der Waals surface area (Å²) in [6, 6.07) is 6.76. The largest absolute Gasteiger partial charge is 0.489 e. The quantitative estimate of drug-likeness (QED) is 0.852. The average molecular weight is 240 g/mol. The first-order valence-corrected chi connectivity index (χ1v) is 6.17. The maximum Gasteiger partial charge on any atom is 0.143 e. The molecule has 1 aromatic carbocycles. The molecule has 0 saturated carbocycles. The SMILES string of the molecule is CC(C)NC1CC(C)Oc2c(Cl)cccc21. The number of halogens is 1. The van der Waals surface area contributed by atoms with Crippen LogP contribution in [0.5, 0.6) is 5.75 Å². The molecule has 1 N–H and O–H groups in total. The van der Waals surface area contributed by atoms with Gasteiger partial charge in [0.1, 0.15) is 5.75 Å². The van der Waals surface area contributed by atoms with E-state index in [9.17, 15) is 0 Å². The van der Waals surface area contributed by atoms with Gasteiger partial charge in [-0.15, -0.1) is 0 Å². The summed E-state index contributed by atoms with van der Waals surface area (Å²) in [7, 11) is 0. The second kappa shape index (κ2) is 4.64. The molecule has 1 aromatic rings. The zero-order valence-corrected chi connectivity index (χ0v) is 10.7. The molecule has 1 aliphatic heterocycles. The van der Waals surface area contributed by atoms with E-state index in [1.807, 2.05) is 12.1 Å². The first-order chi connectivity index (χ1) is 7.58. The highest BCUT2D eigenvalue weighted by Gasteiger charge is 2.27. The first-order valence-electron chi connectivity index (χ1n) is 5.79. The van der Waals surface area contributed by atoms with E-state index in [2.05, 4.69) is 32.2 Å². The van der Waals surface area contributed by atoms with Crippen LogP contribution in [-0.4, -0.2) is 12.1 Å². The molecule has 0 bridgehead atoms. The van der Waals surface area contributed by atoms with Crippen LogP contribution in [0.15, 0.2) is 18.2 Å². The molecule has 2 atom stereocenters. The normalized spacial score (nSPS) is 24.1. The predicted molar refractivity (Wildman–Crippen MR) is 67.2 cm³/mol. The van der Waals surface area contributed by atoms with Crippen molar-refractivity contribution >= 4 is 11.6 Å². The van der Waals surface area contributed by atoms with Crippen LogP contribution in [0.3, 0.4) is 0 Å². The Hall–Kier alpha value is -0.730. The summed E-state index contributed by atoms with van der Waals surface area (Å²) < 4.78 is 5.80. The van der Waals surface area contributed by atoms with Crippen molar-refractivity contribution in [1.29, 1.82) is 0 Å². The van der Waals surface area contributed by atoms with Gasteiger partial charge in [-0.05, 0) is 13.0 Å². The molecule has 3 heteroatoms. The van der Waals surface area contributed by atoms with E-state index in [0.29, 0.717) is 17.1 Å². The molecule has 0 fully saturated rings. The molecule has 2 nitrogen and oxygen atoms in total. The maximum atomic E-state index is 6.16. The van der Waals surface area contributed by atoms with Crippen molar-refractivity contribution in [2.45, 2.75) is 45.4 Å². The molecule has 88 valence electrons. The average Bonchev–Trinajstić information content (AvgIpc) is 2.18. The van der Waals surface area contributed by atoms with E-state index in [1.165, 1.54) is 5.56 Å². The summed E-state index contributed by atoms with van der Waals surface area (Å²) in [5.41, 5.74) is 1.18. The van der Waals surface area contributed by atoms with Gasteiger partial charge in [-0.2, -0.15) is 0 Å². The molecule has 2 rings (SSSR count). The molecule has 0 amide bonds. The van der Waals surface area contributed by atoms with Crippen LogP contribution in [-0.2, 0) is 0 Å². The number of hydrogen-bond acceptors (Lipinski definition) is 2. The lowest BCUT2D eigenvalue weighted by atomic mass is 9.96. The summed E-state index contributed by atoms with van der Waals surface area (Å²) >= 11 is 6.16. The van der Waals surface area contributed by atoms with Crippen LogP contribution in [0, 0.1) is 0 Å². The lowest BCUT2D eigenvalue weighted by Gasteiger charge is -2.32. The monoisotopic (exact) mass is 239 g/mol. The summed E-state index contributed by atoms with van der Waals surface area (Å²) in [5, 5.41) is 4.26. The Morgan fingerprint density at radius 3 is 2.88 bits per heavy atom. The number of rotatable bonds is 2. The molecule has 1 heterocycles. The fourth-order valence-electron chi connectivity index (χ4n) is 2.19. The van der Waals surface area contributed by atoms with E-state index in [1.54, 1.807) is 0 Å². The van der Waals surface area contributed by atoms with Gasteiger partial charge >= 0.3 is 0 Å². The molecule has 0 saturated heterocycles. The summed E-state index contributed by atoms with van der Waals surface area (Å²) in [6.45, 7) is 6.40. The highest BCUT2D eigenvalue weighted by molar-refractivity contribution is 6.32. The maximum absolute atomic E-state index is 6.16. The lowest BCUT2D eigenvalue weighted by molar-refractivity contribution is 0.163. The van der Waals surface area contributed by atoms with Gasteiger partial charge in [0, 0.05) is 24.1 Å². The third-order valence-corrected chi connectivity index (χ3v) is 3.09. The Bertz CT molecular complexity index is 378. The molecule has 1 aliphatic rings. The Balaban J connectivity index is 2.34. The number of nitrogens with one attached hydrogen (secondary N) is 1. The summed E-state index contributed by atoms with van der Waals surface area (Å²) in [4.78, 5) is 0. The van der Waals surface area contributed by atoms with Gasteiger partial charge in [-0.3, -0.25) is 0 Å². The van der Waals surface area contributed by atoms with E-state index in [0.717, 1.165) is 12.2 Å². The zero-order valence-electron chi connectivity index (χ0n) is 9.96. The highest BCUT2D eigenvalue weighted by atomic mass is 35.5. The van der Waals surface area contributed by atoms with E-state index in [4.69, 9.17) is 16.3 Å². The molecule has 16 heavy (non-hydrogen) atoms. The number of fused-ring (bicyclic) bond motifs is 1. The zero-order chi connectivity index (χ0) is 11.7. The number of hydrogen-bond donors (Lipinski definition) is 1. The molecule has 0 aliphatic carbocycles. The standard InChI is InChI=1S/C13H18ClNO/c1-8(2)15-12-7-9(3)16-13-10(12)5-4-6-11(13)14/h4-6,8-9,12,15H,7H2,1-3H3. The van der Waals surface area contributed by atoms with Gasteiger partial charge in [0.2, 0.25) is 0 Å². The van der Waals surface area contributed by atoms with Crippen molar-refractivity contribution in [2.24, 2.45) is 0 Å². The molecule has 0 aromatic heterocycles. The van der Waals surface area contributed by atoms with Crippen LogP contribution in [0.4, 0.5) is 0 Å². The molecule has 2 unspecified atom stereocenters. The third kappa shape index (κ3) is 2.33. The smallest absolute Gasteiger partial charge is 0.143 e. The Morgan fingerprint density at radius 2 is 2.19 bits per heavy atom. The van der Waals surface area contributed by atoms with Crippen LogP contribution in [0.2, 0.25) is 5.02 Å². The van der Waals surface area contributed by atoms with E-state index >= 15 is 0 Å². The molecule has 0 radical (unpaired) electrons. The van der Waals surface area contributed by atoms with Gasteiger partial charge in [0.05, 0.1) is 11.1 Å². The van der Waals surface area contributed by atoms with Crippen molar-refractivity contribution in [3.05, 3.63) is 28.8 Å². The number of benzene rings is 1. The van der Waals surface area contributed by atoms with E-state index < -0.39 is 0 Å². The van der Waals surface area contributed by atoms with Gasteiger partial charge < -0.3 is 10.1 Å². The van der Waals surface area contributed by atoms with Gasteiger partial charge in [0.25, 0.3) is 0 Å². The highest BCUT2D eigenvalue weighted by Crippen LogP contribution is 2.39. The third-order valence-electron chi connectivity index (χ3n) is 2.79. The minimum atomic E-state index is 0.212. The van der Waals surface area contributed by atoms with Crippen molar-refractivity contribution in [3.8, 4) is 5.75 Å². The fourth-order valence-corrected chi connectivity index (χ4v) is 2.42. The van der Waals surface area contributed by atoms with Gasteiger partial charge in [-0.1, -0.05) is 37.6 Å². The Morgan fingerprint density at radius 1 is 1.44 bits per heavy atom. The van der Waals surface area contributed by atoms with Gasteiger partial charge in [-0.25, -0.2) is 0 Å². The summed E-state index contributed by atoms with van der Waals surface area (Å²) in [5.74, 6) is 0.848. The second-order valence-electron chi connectivity index (χ2n) is 4.70. The van der Waals surface area contributed by atoms with Crippen LogP contribution in [0.1, 0.15) is 38.8 Å². The fraction of sp³-hybridized carbons (Fsp3) is 0.538. The van der Waals surface area contributed by atoms with Crippen LogP contribution < -0.4 is 10.1 Å². The molecular formula is C13H18ClNO. The lowest BCUT2D eigenvalue weighted by Crippen LogP contribution is -2.35.